The van der Waals surface area contributed by atoms with Gasteiger partial charge in [0.15, 0.2) is 11.5 Å². The summed E-state index contributed by atoms with van der Waals surface area (Å²) >= 11 is 0. The SMILES string of the molecule is CC1(C)CC(=O)c2c(C(F)(F)F)nn(-c3ccc(C(N)=O)c(NC4CCC(OC(=O)[C@@H](N)CCCCN)CC4)c3)c2C1. The number of hydrogen-bond donors (Lipinski definition) is 4. The van der Waals surface area contributed by atoms with Gasteiger partial charge < -0.3 is 27.3 Å². The summed E-state index contributed by atoms with van der Waals surface area (Å²) in [7, 11) is 0. The largest absolute Gasteiger partial charge is 0.461 e. The molecule has 2 aliphatic carbocycles. The summed E-state index contributed by atoms with van der Waals surface area (Å²) in [5, 5.41) is 7.15. The van der Waals surface area contributed by atoms with Crippen LogP contribution in [0.3, 0.4) is 0 Å². The Labute approximate surface area is 242 Å². The average molecular weight is 593 g/mol. The molecule has 1 amide bonds. The van der Waals surface area contributed by atoms with Gasteiger partial charge in [0.1, 0.15) is 12.1 Å². The van der Waals surface area contributed by atoms with Crippen LogP contribution in [0.15, 0.2) is 18.2 Å². The molecule has 42 heavy (non-hydrogen) atoms. The first kappa shape index (κ1) is 31.5. The Kier molecular flexibility index (Phi) is 9.31. The minimum atomic E-state index is -4.81. The van der Waals surface area contributed by atoms with E-state index in [1.165, 1.54) is 18.2 Å². The lowest BCUT2D eigenvalue weighted by atomic mass is 9.75. The van der Waals surface area contributed by atoms with Crippen LogP contribution >= 0.6 is 0 Å². The van der Waals surface area contributed by atoms with Crippen molar-refractivity contribution in [2.24, 2.45) is 22.6 Å². The number of nitrogens with two attached hydrogens (primary N) is 3. The second-order valence-electron chi connectivity index (χ2n) is 12.1. The average Bonchev–Trinajstić information content (AvgIpc) is 3.29. The number of amides is 1. The van der Waals surface area contributed by atoms with Crippen molar-refractivity contribution < 1.29 is 32.3 Å². The lowest BCUT2D eigenvalue weighted by Crippen LogP contribution is -2.37. The molecule has 0 aliphatic heterocycles. The Hall–Kier alpha value is -3.45. The van der Waals surface area contributed by atoms with E-state index < -0.39 is 46.6 Å². The molecule has 1 fully saturated rings. The van der Waals surface area contributed by atoms with E-state index >= 15 is 0 Å². The number of ether oxygens (including phenoxy) is 1. The number of Topliss-reactive ketones (excluding diaryl/α,β-unsaturated/α-hetero) is 1. The van der Waals surface area contributed by atoms with Crippen LogP contribution in [-0.4, -0.2) is 52.2 Å². The monoisotopic (exact) mass is 592 g/mol. The van der Waals surface area contributed by atoms with Gasteiger partial charge in [-0.15, -0.1) is 0 Å². The highest BCUT2D eigenvalue weighted by Crippen LogP contribution is 2.42. The molecule has 1 heterocycles. The highest BCUT2D eigenvalue weighted by molar-refractivity contribution is 6.00. The number of unbranched alkanes of at least 4 members (excludes halogenated alkanes) is 1. The quantitative estimate of drug-likeness (QED) is 0.238. The number of halogens is 3. The third-order valence-electron chi connectivity index (χ3n) is 7.92. The molecule has 0 bridgehead atoms. The Morgan fingerprint density at radius 3 is 2.48 bits per heavy atom. The first-order valence-electron chi connectivity index (χ1n) is 14.3. The highest BCUT2D eigenvalue weighted by Gasteiger charge is 2.45. The van der Waals surface area contributed by atoms with Gasteiger partial charge in [-0.1, -0.05) is 20.3 Å². The van der Waals surface area contributed by atoms with E-state index in [-0.39, 0.29) is 41.9 Å². The van der Waals surface area contributed by atoms with E-state index in [2.05, 4.69) is 10.4 Å². The number of carbonyl (C=O) groups is 3. The molecule has 7 N–H and O–H groups in total. The zero-order chi connectivity index (χ0) is 30.8. The Balaban J connectivity index is 1.53. The standard InChI is InChI=1S/C29H39F3N6O4/c1-28(2)14-22-24(23(39)15-28)25(29(30,31)32)37-38(22)17-8-11-19(26(35)40)21(13-17)36-16-6-9-18(10-7-16)42-27(41)20(34)5-3-4-12-33/h8,11,13,16,18,20,36H,3-7,9-10,12,14-15,33-34H2,1-2H3,(H2,35,40)/t16?,18?,20-/m0/s1. The number of aromatic nitrogens is 2. The van der Waals surface area contributed by atoms with Crippen LogP contribution in [0.1, 0.15) is 97.3 Å². The fraction of sp³-hybridized carbons (Fsp3) is 0.586. The number of hydrogen-bond acceptors (Lipinski definition) is 8. The molecule has 0 radical (unpaired) electrons. The normalized spacial score (nSPS) is 21.0. The Bertz CT molecular complexity index is 1330. The van der Waals surface area contributed by atoms with Crippen molar-refractivity contribution in [3.63, 3.8) is 0 Å². The van der Waals surface area contributed by atoms with Gasteiger partial charge in [0.05, 0.1) is 22.5 Å². The summed E-state index contributed by atoms with van der Waals surface area (Å²) in [5.74, 6) is -1.74. The molecule has 10 nitrogen and oxygen atoms in total. The first-order chi connectivity index (χ1) is 19.7. The van der Waals surface area contributed by atoms with Crippen molar-refractivity contribution in [2.45, 2.75) is 96.0 Å². The molecule has 230 valence electrons. The number of nitrogens with zero attached hydrogens (tertiary/aromatic N) is 2. The number of fused-ring (bicyclic) bond motifs is 1. The van der Waals surface area contributed by atoms with Crippen LogP contribution in [0.4, 0.5) is 18.9 Å². The predicted molar refractivity (Wildman–Crippen MR) is 150 cm³/mol. The van der Waals surface area contributed by atoms with Crippen LogP contribution in [0.25, 0.3) is 5.69 Å². The van der Waals surface area contributed by atoms with Gasteiger partial charge in [-0.25, -0.2) is 4.68 Å². The number of primary amides is 1. The molecule has 2 aromatic rings. The van der Waals surface area contributed by atoms with Crippen LogP contribution < -0.4 is 22.5 Å². The van der Waals surface area contributed by atoms with Crippen LogP contribution in [-0.2, 0) is 22.1 Å². The van der Waals surface area contributed by atoms with E-state index in [1.807, 2.05) is 13.8 Å². The lowest BCUT2D eigenvalue weighted by Gasteiger charge is -2.31. The van der Waals surface area contributed by atoms with Crippen molar-refractivity contribution in [3.8, 4) is 5.69 Å². The number of rotatable bonds is 10. The number of anilines is 1. The molecule has 0 unspecified atom stereocenters. The molecule has 0 saturated heterocycles. The van der Waals surface area contributed by atoms with Crippen molar-refractivity contribution in [3.05, 3.63) is 40.7 Å². The first-order valence-corrected chi connectivity index (χ1v) is 14.3. The van der Waals surface area contributed by atoms with E-state index in [0.717, 1.165) is 17.5 Å². The molecule has 1 aromatic heterocycles. The van der Waals surface area contributed by atoms with Gasteiger partial charge >= 0.3 is 12.1 Å². The second-order valence-corrected chi connectivity index (χ2v) is 12.1. The fourth-order valence-corrected chi connectivity index (χ4v) is 5.78. The summed E-state index contributed by atoms with van der Waals surface area (Å²) in [6, 6.07) is 3.64. The van der Waals surface area contributed by atoms with Crippen LogP contribution in [0.5, 0.6) is 0 Å². The van der Waals surface area contributed by atoms with E-state index in [0.29, 0.717) is 44.3 Å². The number of ketones is 1. The maximum absolute atomic E-state index is 13.9. The zero-order valence-electron chi connectivity index (χ0n) is 23.9. The Morgan fingerprint density at radius 2 is 1.86 bits per heavy atom. The van der Waals surface area contributed by atoms with Gasteiger partial charge in [-0.2, -0.15) is 18.3 Å². The smallest absolute Gasteiger partial charge is 0.435 e. The molecular weight excluding hydrogens is 553 g/mol. The molecule has 4 rings (SSSR count). The minimum absolute atomic E-state index is 0.0135. The molecule has 13 heteroatoms. The minimum Gasteiger partial charge on any atom is -0.461 e. The van der Waals surface area contributed by atoms with Gasteiger partial charge in [0.2, 0.25) is 0 Å². The van der Waals surface area contributed by atoms with Crippen molar-refractivity contribution >= 4 is 23.3 Å². The molecule has 1 aromatic carbocycles. The number of nitrogens with one attached hydrogen (secondary N) is 1. The Morgan fingerprint density at radius 1 is 1.17 bits per heavy atom. The van der Waals surface area contributed by atoms with E-state index in [1.54, 1.807) is 0 Å². The van der Waals surface area contributed by atoms with Crippen LogP contribution in [0, 0.1) is 5.41 Å². The number of carbonyl (C=O) groups excluding carboxylic acids is 3. The summed E-state index contributed by atoms with van der Waals surface area (Å²) < 4.78 is 48.5. The number of alkyl halides is 3. The van der Waals surface area contributed by atoms with Gasteiger partial charge in [-0.3, -0.25) is 14.4 Å². The highest BCUT2D eigenvalue weighted by atomic mass is 19.4. The molecule has 1 saturated carbocycles. The number of benzene rings is 1. The lowest BCUT2D eigenvalue weighted by molar-refractivity contribution is -0.152. The third-order valence-corrected chi connectivity index (χ3v) is 7.92. The van der Waals surface area contributed by atoms with Crippen molar-refractivity contribution in [1.29, 1.82) is 0 Å². The molecule has 1 atom stereocenters. The maximum atomic E-state index is 13.9. The third kappa shape index (κ3) is 7.12. The zero-order valence-corrected chi connectivity index (χ0v) is 23.9. The molecule has 0 spiro atoms. The van der Waals surface area contributed by atoms with Crippen molar-refractivity contribution in [1.82, 2.24) is 9.78 Å². The van der Waals surface area contributed by atoms with Gasteiger partial charge in [0.25, 0.3) is 5.91 Å². The molecular formula is C29H39F3N6O4. The van der Waals surface area contributed by atoms with E-state index in [9.17, 15) is 27.6 Å². The predicted octanol–water partition coefficient (Wildman–Crippen LogP) is 3.87. The molecule has 2 aliphatic rings. The van der Waals surface area contributed by atoms with E-state index in [4.69, 9.17) is 21.9 Å². The number of esters is 1. The summed E-state index contributed by atoms with van der Waals surface area (Å²) in [6.45, 7) is 4.19. The maximum Gasteiger partial charge on any atom is 0.435 e. The second kappa shape index (κ2) is 12.4. The summed E-state index contributed by atoms with van der Waals surface area (Å²) in [6.07, 6.45) is -0.473. The fourth-order valence-electron chi connectivity index (χ4n) is 5.78. The summed E-state index contributed by atoms with van der Waals surface area (Å²) in [4.78, 5) is 37.4. The van der Waals surface area contributed by atoms with Crippen LogP contribution in [0.2, 0.25) is 0 Å². The topological polar surface area (TPSA) is 168 Å². The van der Waals surface area contributed by atoms with Gasteiger partial charge in [-0.05, 0) is 75.1 Å². The summed E-state index contributed by atoms with van der Waals surface area (Å²) in [5.41, 5.74) is 15.9. The van der Waals surface area contributed by atoms with Gasteiger partial charge in [0, 0.05) is 18.2 Å². The van der Waals surface area contributed by atoms with Crippen molar-refractivity contribution in [2.75, 3.05) is 11.9 Å².